The Labute approximate surface area is 263 Å². The lowest BCUT2D eigenvalue weighted by molar-refractivity contribution is 0.102. The zero-order chi connectivity index (χ0) is 32.2. The Kier molecular flexibility index (Phi) is 8.26. The highest BCUT2D eigenvalue weighted by atomic mass is 19.1. The van der Waals surface area contributed by atoms with Crippen LogP contribution >= 0.6 is 0 Å². The minimum atomic E-state index is -0.667. The van der Waals surface area contributed by atoms with Gasteiger partial charge in [-0.05, 0) is 55.0 Å². The van der Waals surface area contributed by atoms with Gasteiger partial charge in [0.25, 0.3) is 5.91 Å². The van der Waals surface area contributed by atoms with Gasteiger partial charge in [0.15, 0.2) is 5.82 Å². The van der Waals surface area contributed by atoms with Gasteiger partial charge < -0.3 is 25.4 Å². The summed E-state index contributed by atoms with van der Waals surface area (Å²) in [6.07, 6.45) is 2.99. The molecule has 10 nitrogen and oxygen atoms in total. The van der Waals surface area contributed by atoms with Crippen LogP contribution in [0.2, 0.25) is 0 Å². The molecule has 2 heterocycles. The first-order valence-corrected chi connectivity index (χ1v) is 14.3. The minimum Gasteiger partial charge on any atom is -0.497 e. The lowest BCUT2D eigenvalue weighted by Gasteiger charge is -2.16. The van der Waals surface area contributed by atoms with Crippen LogP contribution in [0.3, 0.4) is 0 Å². The van der Waals surface area contributed by atoms with E-state index in [2.05, 4.69) is 30.9 Å². The number of benzene rings is 4. The van der Waals surface area contributed by atoms with Crippen molar-refractivity contribution in [3.8, 4) is 17.6 Å². The number of hydrogen-bond donors (Lipinski definition) is 3. The van der Waals surface area contributed by atoms with E-state index in [-0.39, 0.29) is 17.2 Å². The number of fused-ring (bicyclic) bond motifs is 2. The SMILES string of the molecule is COc1ccc(CNc2ncnc3c(C(=O)Nc4c(C)ccc5c(Nc6cccc(C#N)c6F)nccc45)cccc23)c(OC)c1. The fraction of sp³-hybridized carbons (Fsp3) is 0.114. The number of nitrogens with zero attached hydrogens (tertiary/aromatic N) is 4. The number of carbonyl (C=O) groups is 1. The molecule has 0 fully saturated rings. The van der Waals surface area contributed by atoms with Gasteiger partial charge in [-0.3, -0.25) is 4.79 Å². The molecule has 0 atom stereocenters. The average Bonchev–Trinajstić information content (AvgIpc) is 3.09. The molecule has 1 amide bonds. The average molecular weight is 614 g/mol. The van der Waals surface area contributed by atoms with E-state index in [0.717, 1.165) is 11.1 Å². The van der Waals surface area contributed by atoms with Gasteiger partial charge in [-0.1, -0.05) is 24.3 Å². The molecule has 0 aliphatic heterocycles. The van der Waals surface area contributed by atoms with E-state index in [9.17, 15) is 14.4 Å². The van der Waals surface area contributed by atoms with Crippen LogP contribution in [0.4, 0.5) is 27.4 Å². The highest BCUT2D eigenvalue weighted by Gasteiger charge is 2.18. The summed E-state index contributed by atoms with van der Waals surface area (Å²) in [5.74, 6) is 1.27. The van der Waals surface area contributed by atoms with Crippen molar-refractivity contribution < 1.29 is 18.7 Å². The van der Waals surface area contributed by atoms with Crippen LogP contribution in [-0.2, 0) is 6.54 Å². The summed E-state index contributed by atoms with van der Waals surface area (Å²) in [5.41, 5.74) is 3.19. The lowest BCUT2D eigenvalue weighted by Crippen LogP contribution is -2.14. The van der Waals surface area contributed by atoms with Gasteiger partial charge in [0.1, 0.15) is 35.5 Å². The normalized spacial score (nSPS) is 10.8. The van der Waals surface area contributed by atoms with Gasteiger partial charge in [0, 0.05) is 40.5 Å². The number of aryl methyl sites for hydroxylation is 1. The molecule has 0 aliphatic carbocycles. The molecule has 0 spiro atoms. The molecule has 3 N–H and O–H groups in total. The van der Waals surface area contributed by atoms with Gasteiger partial charge in [0.2, 0.25) is 0 Å². The number of aromatic nitrogens is 3. The first-order chi connectivity index (χ1) is 22.4. The number of rotatable bonds is 9. The number of para-hydroxylation sites is 1. The zero-order valence-corrected chi connectivity index (χ0v) is 25.2. The minimum absolute atomic E-state index is 0.0771. The van der Waals surface area contributed by atoms with Crippen molar-refractivity contribution in [1.82, 2.24) is 15.0 Å². The third-order valence-corrected chi connectivity index (χ3v) is 7.61. The Hall–Kier alpha value is -6.28. The van der Waals surface area contributed by atoms with Crippen molar-refractivity contribution >= 4 is 50.6 Å². The van der Waals surface area contributed by atoms with Crippen molar-refractivity contribution in [3.05, 3.63) is 113 Å². The fourth-order valence-corrected chi connectivity index (χ4v) is 5.24. The number of amides is 1. The highest BCUT2D eigenvalue weighted by molar-refractivity contribution is 6.16. The number of halogens is 1. The second-order valence-corrected chi connectivity index (χ2v) is 10.3. The quantitative estimate of drug-likeness (QED) is 0.156. The topological polar surface area (TPSA) is 134 Å². The molecule has 0 bridgehead atoms. The number of carbonyl (C=O) groups excluding carboxylic acids is 1. The van der Waals surface area contributed by atoms with Crippen molar-refractivity contribution in [1.29, 1.82) is 5.26 Å². The maximum absolute atomic E-state index is 14.8. The number of ether oxygens (including phenoxy) is 2. The monoisotopic (exact) mass is 613 g/mol. The lowest BCUT2D eigenvalue weighted by atomic mass is 10.0. The molecule has 0 unspecified atom stereocenters. The van der Waals surface area contributed by atoms with E-state index in [1.54, 1.807) is 44.7 Å². The summed E-state index contributed by atoms with van der Waals surface area (Å²) >= 11 is 0. The Bertz CT molecular complexity index is 2160. The first-order valence-electron chi connectivity index (χ1n) is 14.3. The standard InChI is InChI=1S/C35H28FN7O3/c1-20-10-13-25-24(14-15-38-34(25)42-28-9-4-6-21(17-37)30(28)36)31(20)43-35(44)27-8-5-7-26-32(27)40-19-41-33(26)39-18-22-11-12-23(45-2)16-29(22)46-3/h4-16,19H,18H2,1-3H3,(H,38,42)(H,43,44)(H,39,40,41). The smallest absolute Gasteiger partial charge is 0.257 e. The van der Waals surface area contributed by atoms with Crippen LogP contribution in [0, 0.1) is 24.1 Å². The van der Waals surface area contributed by atoms with Crippen LogP contribution in [0.25, 0.3) is 21.7 Å². The molecule has 0 aliphatic rings. The van der Waals surface area contributed by atoms with Gasteiger partial charge in [-0.15, -0.1) is 0 Å². The fourth-order valence-electron chi connectivity index (χ4n) is 5.24. The number of nitriles is 1. The second-order valence-electron chi connectivity index (χ2n) is 10.3. The summed E-state index contributed by atoms with van der Waals surface area (Å²) in [7, 11) is 3.20. The largest absolute Gasteiger partial charge is 0.497 e. The van der Waals surface area contributed by atoms with E-state index in [4.69, 9.17) is 9.47 Å². The summed E-state index contributed by atoms with van der Waals surface area (Å²) in [6.45, 7) is 2.30. The molecule has 11 heteroatoms. The Morgan fingerprint density at radius 3 is 2.57 bits per heavy atom. The number of anilines is 4. The van der Waals surface area contributed by atoms with E-state index in [1.807, 2.05) is 49.4 Å². The van der Waals surface area contributed by atoms with Crippen molar-refractivity contribution in [3.63, 3.8) is 0 Å². The highest BCUT2D eigenvalue weighted by Crippen LogP contribution is 2.34. The Morgan fingerprint density at radius 2 is 1.76 bits per heavy atom. The summed E-state index contributed by atoms with van der Waals surface area (Å²) < 4.78 is 25.6. The summed E-state index contributed by atoms with van der Waals surface area (Å²) in [5, 5.41) is 20.7. The maximum atomic E-state index is 14.8. The molecule has 228 valence electrons. The second kappa shape index (κ2) is 12.8. The molecule has 4 aromatic carbocycles. The van der Waals surface area contributed by atoms with E-state index in [0.29, 0.717) is 62.6 Å². The molecular weight excluding hydrogens is 585 g/mol. The predicted octanol–water partition coefficient (Wildman–Crippen LogP) is 7.12. The Balaban J connectivity index is 1.30. The predicted molar refractivity (Wildman–Crippen MR) is 175 cm³/mol. The molecule has 0 saturated carbocycles. The van der Waals surface area contributed by atoms with Crippen LogP contribution in [-0.4, -0.2) is 35.1 Å². The first kappa shape index (κ1) is 29.8. The van der Waals surface area contributed by atoms with Crippen LogP contribution in [0.15, 0.2) is 85.3 Å². The van der Waals surface area contributed by atoms with Gasteiger partial charge in [0.05, 0.1) is 42.2 Å². The van der Waals surface area contributed by atoms with E-state index >= 15 is 0 Å². The molecule has 46 heavy (non-hydrogen) atoms. The van der Waals surface area contributed by atoms with Crippen LogP contribution in [0.5, 0.6) is 11.5 Å². The zero-order valence-electron chi connectivity index (χ0n) is 25.2. The molecule has 2 aromatic heterocycles. The Morgan fingerprint density at radius 1 is 0.913 bits per heavy atom. The number of methoxy groups -OCH3 is 2. The molecule has 6 aromatic rings. The van der Waals surface area contributed by atoms with Gasteiger partial charge in [-0.2, -0.15) is 5.26 Å². The molecule has 0 radical (unpaired) electrons. The third-order valence-electron chi connectivity index (χ3n) is 7.61. The molecule has 0 saturated heterocycles. The number of pyridine rings is 1. The van der Waals surface area contributed by atoms with Crippen LogP contribution in [0.1, 0.15) is 27.0 Å². The van der Waals surface area contributed by atoms with Crippen molar-refractivity contribution in [2.45, 2.75) is 13.5 Å². The molecular formula is C35H28FN7O3. The van der Waals surface area contributed by atoms with Gasteiger partial charge in [-0.25, -0.2) is 19.3 Å². The third kappa shape index (κ3) is 5.67. The number of hydrogen-bond acceptors (Lipinski definition) is 9. The maximum Gasteiger partial charge on any atom is 0.257 e. The van der Waals surface area contributed by atoms with Crippen molar-refractivity contribution in [2.24, 2.45) is 0 Å². The summed E-state index contributed by atoms with van der Waals surface area (Å²) in [6, 6.07) is 22.8. The van der Waals surface area contributed by atoms with E-state index < -0.39 is 5.82 Å². The van der Waals surface area contributed by atoms with Crippen molar-refractivity contribution in [2.75, 3.05) is 30.2 Å². The number of nitrogens with one attached hydrogen (secondary N) is 3. The van der Waals surface area contributed by atoms with Crippen LogP contribution < -0.4 is 25.4 Å². The van der Waals surface area contributed by atoms with E-state index in [1.165, 1.54) is 18.5 Å². The molecule has 6 rings (SSSR count). The van der Waals surface area contributed by atoms with Gasteiger partial charge >= 0.3 is 0 Å². The summed E-state index contributed by atoms with van der Waals surface area (Å²) in [4.78, 5) is 27.1.